The van der Waals surface area contributed by atoms with Gasteiger partial charge in [0.15, 0.2) is 11.6 Å². The molecule has 0 saturated heterocycles. The van der Waals surface area contributed by atoms with Crippen molar-refractivity contribution in [1.82, 2.24) is 0 Å². The normalized spacial score (nSPS) is 10.2. The average Bonchev–Trinajstić information content (AvgIpc) is 2.76. The van der Waals surface area contributed by atoms with Crippen molar-refractivity contribution in [3.63, 3.8) is 0 Å². The van der Waals surface area contributed by atoms with Crippen molar-refractivity contribution in [2.75, 3.05) is 5.32 Å². The summed E-state index contributed by atoms with van der Waals surface area (Å²) in [5.41, 5.74) is -0.187. The summed E-state index contributed by atoms with van der Waals surface area (Å²) in [5.74, 6) is -4.26. The Balaban J connectivity index is 2.16. The molecular weight excluding hydrogens is 325 g/mol. The maximum absolute atomic E-state index is 13.4. The Bertz CT molecular complexity index is 755. The van der Waals surface area contributed by atoms with Crippen molar-refractivity contribution >= 4 is 33.8 Å². The minimum absolute atomic E-state index is 0.0979. The first-order valence-corrected chi connectivity index (χ1v) is 6.78. The van der Waals surface area contributed by atoms with E-state index >= 15 is 0 Å². The molecule has 1 N–H and O–H groups in total. The lowest BCUT2D eigenvalue weighted by atomic mass is 10.1. The van der Waals surface area contributed by atoms with Crippen molar-refractivity contribution in [3.8, 4) is 6.07 Å². The zero-order valence-corrected chi connectivity index (χ0v) is 11.8. The summed E-state index contributed by atoms with van der Waals surface area (Å²) >= 11 is 6.77. The Kier molecular flexibility index (Phi) is 4.50. The van der Waals surface area contributed by atoms with E-state index in [9.17, 15) is 18.0 Å². The van der Waals surface area contributed by atoms with E-state index in [0.717, 1.165) is 11.3 Å². The number of nitrogens with one attached hydrogen (secondary N) is 1. The molecule has 0 aliphatic heterocycles. The second kappa shape index (κ2) is 6.16. The molecule has 2 aromatic rings. The molecule has 0 saturated carbocycles. The van der Waals surface area contributed by atoms with Gasteiger partial charge in [0, 0.05) is 17.0 Å². The molecule has 1 heterocycles. The van der Waals surface area contributed by atoms with Gasteiger partial charge in [0.25, 0.3) is 0 Å². The van der Waals surface area contributed by atoms with Gasteiger partial charge in [-0.25, -0.2) is 13.2 Å². The summed E-state index contributed by atoms with van der Waals surface area (Å²) in [7, 11) is 0. The first-order valence-electron chi connectivity index (χ1n) is 5.52. The number of benzene rings is 1. The molecule has 0 spiro atoms. The van der Waals surface area contributed by atoms with Crippen molar-refractivity contribution in [1.29, 1.82) is 5.26 Å². The number of anilines is 1. The van der Waals surface area contributed by atoms with Gasteiger partial charge in [-0.05, 0) is 6.07 Å². The smallest absolute Gasteiger partial charge is 0.229 e. The number of nitrogens with zero attached hydrogens (tertiary/aromatic N) is 1. The summed E-state index contributed by atoms with van der Waals surface area (Å²) in [6.45, 7) is 0. The van der Waals surface area contributed by atoms with Gasteiger partial charge in [-0.15, -0.1) is 11.3 Å². The monoisotopic (exact) mass is 330 g/mol. The van der Waals surface area contributed by atoms with Gasteiger partial charge in [-0.2, -0.15) is 5.26 Å². The van der Waals surface area contributed by atoms with Crippen molar-refractivity contribution < 1.29 is 18.0 Å². The van der Waals surface area contributed by atoms with Gasteiger partial charge in [-0.1, -0.05) is 11.6 Å². The topological polar surface area (TPSA) is 52.9 Å². The molecule has 0 fully saturated rings. The molecule has 0 unspecified atom stereocenters. The molecule has 3 nitrogen and oxygen atoms in total. The molecule has 1 aromatic heterocycles. The van der Waals surface area contributed by atoms with Crippen LogP contribution in [-0.4, -0.2) is 5.91 Å². The summed E-state index contributed by atoms with van der Waals surface area (Å²) in [6, 6.07) is 2.82. The quantitative estimate of drug-likeness (QED) is 0.868. The van der Waals surface area contributed by atoms with Crippen LogP contribution in [0.3, 0.4) is 0 Å². The first-order chi connectivity index (χ1) is 9.92. The molecule has 0 atom stereocenters. The van der Waals surface area contributed by atoms with E-state index in [-0.39, 0.29) is 21.2 Å². The Morgan fingerprint density at radius 3 is 2.62 bits per heavy atom. The largest absolute Gasteiger partial charge is 0.316 e. The minimum atomic E-state index is -1.33. The lowest BCUT2D eigenvalue weighted by molar-refractivity contribution is -0.115. The molecular formula is C13H6ClF3N2OS. The van der Waals surface area contributed by atoms with Gasteiger partial charge in [0.2, 0.25) is 5.91 Å². The van der Waals surface area contributed by atoms with E-state index in [4.69, 9.17) is 16.9 Å². The number of rotatable bonds is 3. The van der Waals surface area contributed by atoms with Crippen LogP contribution in [0.1, 0.15) is 11.1 Å². The SMILES string of the molecule is N#Cc1c(Cl)csc1NC(=O)Cc1cc(F)c(F)cc1F. The van der Waals surface area contributed by atoms with Gasteiger partial charge in [0.05, 0.1) is 11.4 Å². The number of halogens is 4. The molecule has 2 rings (SSSR count). The van der Waals surface area contributed by atoms with E-state index in [0.29, 0.717) is 12.1 Å². The van der Waals surface area contributed by atoms with E-state index in [1.807, 2.05) is 6.07 Å². The molecule has 21 heavy (non-hydrogen) atoms. The van der Waals surface area contributed by atoms with Crippen LogP contribution in [0.2, 0.25) is 5.02 Å². The van der Waals surface area contributed by atoms with E-state index in [1.54, 1.807) is 0 Å². The predicted molar refractivity (Wildman–Crippen MR) is 72.7 cm³/mol. The van der Waals surface area contributed by atoms with E-state index in [1.165, 1.54) is 5.38 Å². The highest BCUT2D eigenvalue weighted by Crippen LogP contribution is 2.31. The summed E-state index contributed by atoms with van der Waals surface area (Å²) < 4.78 is 39.2. The van der Waals surface area contributed by atoms with Gasteiger partial charge in [-0.3, -0.25) is 4.79 Å². The van der Waals surface area contributed by atoms with Gasteiger partial charge >= 0.3 is 0 Å². The third-order valence-corrected chi connectivity index (χ3v) is 3.87. The summed E-state index contributed by atoms with van der Waals surface area (Å²) in [4.78, 5) is 11.8. The number of nitriles is 1. The Hall–Kier alpha value is -2.04. The highest BCUT2D eigenvalue weighted by molar-refractivity contribution is 7.15. The fourth-order valence-corrected chi connectivity index (χ4v) is 2.69. The molecule has 108 valence electrons. The molecule has 0 aliphatic rings. The number of hydrogen-bond donors (Lipinski definition) is 1. The van der Waals surface area contributed by atoms with Crippen LogP contribution in [0.25, 0.3) is 0 Å². The van der Waals surface area contributed by atoms with Crippen LogP contribution < -0.4 is 5.32 Å². The summed E-state index contributed by atoms with van der Waals surface area (Å²) in [5, 5.41) is 13.1. The van der Waals surface area contributed by atoms with Crippen LogP contribution in [0.15, 0.2) is 17.5 Å². The second-order valence-corrected chi connectivity index (χ2v) is 5.27. The lowest BCUT2D eigenvalue weighted by Crippen LogP contribution is -2.15. The van der Waals surface area contributed by atoms with Crippen LogP contribution in [0.4, 0.5) is 18.2 Å². The highest BCUT2D eigenvalue weighted by atomic mass is 35.5. The average molecular weight is 331 g/mol. The molecule has 0 radical (unpaired) electrons. The molecule has 1 aromatic carbocycles. The third-order valence-electron chi connectivity index (χ3n) is 2.55. The fraction of sp³-hybridized carbons (Fsp3) is 0.0769. The maximum Gasteiger partial charge on any atom is 0.229 e. The van der Waals surface area contributed by atoms with E-state index < -0.39 is 29.8 Å². The predicted octanol–water partition coefficient (Wildman–Crippen LogP) is 3.87. The first kappa shape index (κ1) is 15.4. The highest BCUT2D eigenvalue weighted by Gasteiger charge is 2.16. The maximum atomic E-state index is 13.4. The van der Waals surface area contributed by atoms with Crippen LogP contribution in [0, 0.1) is 28.8 Å². The number of carbonyl (C=O) groups is 1. The Morgan fingerprint density at radius 1 is 1.29 bits per heavy atom. The van der Waals surface area contributed by atoms with Crippen LogP contribution >= 0.6 is 22.9 Å². The van der Waals surface area contributed by atoms with E-state index in [2.05, 4.69) is 5.32 Å². The van der Waals surface area contributed by atoms with Crippen LogP contribution in [-0.2, 0) is 11.2 Å². The third kappa shape index (κ3) is 3.35. The minimum Gasteiger partial charge on any atom is -0.316 e. The summed E-state index contributed by atoms with van der Waals surface area (Å²) in [6.07, 6.45) is -0.497. The van der Waals surface area contributed by atoms with Crippen molar-refractivity contribution in [2.45, 2.75) is 6.42 Å². The molecule has 0 aliphatic carbocycles. The van der Waals surface area contributed by atoms with Gasteiger partial charge in [0.1, 0.15) is 22.5 Å². The number of hydrogen-bond acceptors (Lipinski definition) is 3. The lowest BCUT2D eigenvalue weighted by Gasteiger charge is -2.05. The van der Waals surface area contributed by atoms with Crippen molar-refractivity contribution in [3.05, 3.63) is 51.1 Å². The fourth-order valence-electron chi connectivity index (χ4n) is 1.58. The zero-order valence-electron chi connectivity index (χ0n) is 10.2. The van der Waals surface area contributed by atoms with Gasteiger partial charge < -0.3 is 5.32 Å². The Labute approximate surface area is 126 Å². The number of carbonyl (C=O) groups excluding carboxylic acids is 1. The standard InChI is InChI=1S/C13H6ClF3N2OS/c14-8-5-21-13(7(8)4-18)19-12(20)2-6-1-10(16)11(17)3-9(6)15/h1,3,5H,2H2,(H,19,20). The number of thiophene rings is 1. The zero-order chi connectivity index (χ0) is 15.6. The molecule has 0 bridgehead atoms. The Morgan fingerprint density at radius 2 is 1.95 bits per heavy atom. The number of amides is 1. The molecule has 8 heteroatoms. The van der Waals surface area contributed by atoms with Crippen LogP contribution in [0.5, 0.6) is 0 Å². The molecule has 1 amide bonds. The second-order valence-electron chi connectivity index (χ2n) is 3.98. The van der Waals surface area contributed by atoms with Crippen molar-refractivity contribution in [2.24, 2.45) is 0 Å².